The normalized spacial score (nSPS) is 14.8. The van der Waals surface area contributed by atoms with E-state index in [4.69, 9.17) is 9.84 Å². The number of aliphatic carboxylic acids is 1. The maximum absolute atomic E-state index is 12.1. The van der Waals surface area contributed by atoms with Crippen molar-refractivity contribution >= 4 is 11.9 Å². The van der Waals surface area contributed by atoms with Gasteiger partial charge in [0.1, 0.15) is 5.60 Å². The van der Waals surface area contributed by atoms with E-state index in [1.165, 1.54) is 0 Å². The maximum atomic E-state index is 12.1. The van der Waals surface area contributed by atoms with Crippen LogP contribution in [-0.4, -0.2) is 22.6 Å². The minimum Gasteiger partial charge on any atom is -0.481 e. The molecule has 0 saturated heterocycles. The Morgan fingerprint density at radius 1 is 1.21 bits per heavy atom. The topological polar surface area (TPSA) is 63.6 Å². The molecule has 0 aliphatic rings. The van der Waals surface area contributed by atoms with Crippen LogP contribution in [0.3, 0.4) is 0 Å². The van der Waals surface area contributed by atoms with Gasteiger partial charge in [-0.05, 0) is 46.0 Å². The number of hydrogen-bond donors (Lipinski definition) is 1. The van der Waals surface area contributed by atoms with Gasteiger partial charge in [0.25, 0.3) is 0 Å². The number of carbonyl (C=O) groups excluding carboxylic acids is 1. The molecule has 19 heavy (non-hydrogen) atoms. The van der Waals surface area contributed by atoms with Crippen LogP contribution < -0.4 is 0 Å². The van der Waals surface area contributed by atoms with Crippen molar-refractivity contribution in [3.05, 3.63) is 0 Å². The fourth-order valence-corrected chi connectivity index (χ4v) is 2.04. The molecule has 0 heterocycles. The molecule has 0 radical (unpaired) electrons. The predicted molar refractivity (Wildman–Crippen MR) is 74.9 cm³/mol. The summed E-state index contributed by atoms with van der Waals surface area (Å²) in [4.78, 5) is 22.6. The first-order chi connectivity index (χ1) is 8.65. The highest BCUT2D eigenvalue weighted by molar-refractivity contribution is 5.72. The number of rotatable bonds is 8. The Balaban J connectivity index is 4.38. The highest BCUT2D eigenvalue weighted by atomic mass is 16.6. The molecule has 1 unspecified atom stereocenters. The highest BCUT2D eigenvalue weighted by Crippen LogP contribution is 2.24. The molecule has 0 spiro atoms. The summed E-state index contributed by atoms with van der Waals surface area (Å²) in [6.45, 7) is 9.63. The van der Waals surface area contributed by atoms with Crippen molar-refractivity contribution in [3.63, 3.8) is 0 Å². The molecule has 4 heteroatoms. The third-order valence-electron chi connectivity index (χ3n) is 2.92. The van der Waals surface area contributed by atoms with Gasteiger partial charge in [-0.15, -0.1) is 0 Å². The van der Waals surface area contributed by atoms with Gasteiger partial charge in [-0.1, -0.05) is 20.3 Å². The molecule has 4 nitrogen and oxygen atoms in total. The van der Waals surface area contributed by atoms with Gasteiger partial charge in [0, 0.05) is 6.42 Å². The summed E-state index contributed by atoms with van der Waals surface area (Å²) in [6.07, 6.45) is 3.20. The number of carboxylic acid groups (broad SMARTS) is 1. The second-order valence-corrected chi connectivity index (χ2v) is 6.29. The zero-order valence-corrected chi connectivity index (χ0v) is 12.9. The summed E-state index contributed by atoms with van der Waals surface area (Å²) < 4.78 is 5.42. The lowest BCUT2D eigenvalue weighted by Crippen LogP contribution is -2.29. The second-order valence-electron chi connectivity index (χ2n) is 6.29. The van der Waals surface area contributed by atoms with Gasteiger partial charge in [-0.3, -0.25) is 9.59 Å². The molecular formula is C15H28O4. The van der Waals surface area contributed by atoms with Crippen molar-refractivity contribution in [2.24, 2.45) is 11.8 Å². The van der Waals surface area contributed by atoms with Crippen molar-refractivity contribution in [1.29, 1.82) is 0 Å². The third kappa shape index (κ3) is 9.51. The second kappa shape index (κ2) is 8.18. The smallest absolute Gasteiger partial charge is 0.309 e. The highest BCUT2D eigenvalue weighted by Gasteiger charge is 2.26. The molecule has 0 aromatic carbocycles. The average Bonchev–Trinajstić information content (AvgIpc) is 2.23. The molecule has 2 atom stereocenters. The Hall–Kier alpha value is -1.06. The number of hydrogen-bond acceptors (Lipinski definition) is 3. The minimum absolute atomic E-state index is 0.118. The Labute approximate surface area is 116 Å². The largest absolute Gasteiger partial charge is 0.481 e. The lowest BCUT2D eigenvalue weighted by molar-refractivity contribution is -0.160. The van der Waals surface area contributed by atoms with E-state index in [1.807, 2.05) is 34.6 Å². The minimum atomic E-state index is -0.781. The Kier molecular flexibility index (Phi) is 7.72. The summed E-state index contributed by atoms with van der Waals surface area (Å²) in [5.41, 5.74) is -0.465. The van der Waals surface area contributed by atoms with Crippen molar-refractivity contribution in [1.82, 2.24) is 0 Å². The molecule has 0 aromatic rings. The molecule has 0 bridgehead atoms. The van der Waals surface area contributed by atoms with Crippen LogP contribution in [0, 0.1) is 11.8 Å². The summed E-state index contributed by atoms with van der Waals surface area (Å²) in [7, 11) is 0. The van der Waals surface area contributed by atoms with Gasteiger partial charge in [0.15, 0.2) is 0 Å². The van der Waals surface area contributed by atoms with Crippen LogP contribution in [-0.2, 0) is 14.3 Å². The molecule has 112 valence electrons. The SMILES string of the molecule is CCCC(C[C@H](C)CCC(=O)O)C(=O)OC(C)(C)C. The molecule has 0 amide bonds. The van der Waals surface area contributed by atoms with Crippen LogP contribution in [0.1, 0.15) is 66.7 Å². The standard InChI is InChI=1S/C15H28O4/c1-6-7-12(14(18)19-15(3,4)5)10-11(2)8-9-13(16)17/h11-12H,6-10H2,1-5H3,(H,16,17)/t11-,12?/m1/s1. The van der Waals surface area contributed by atoms with Crippen molar-refractivity contribution in [3.8, 4) is 0 Å². The lowest BCUT2D eigenvalue weighted by Gasteiger charge is -2.25. The molecule has 1 N–H and O–H groups in total. The number of ether oxygens (including phenoxy) is 1. The number of esters is 1. The predicted octanol–water partition coefficient (Wildman–Crippen LogP) is 3.64. The monoisotopic (exact) mass is 272 g/mol. The Morgan fingerprint density at radius 3 is 2.21 bits per heavy atom. The van der Waals surface area contributed by atoms with Crippen molar-refractivity contribution in [2.75, 3.05) is 0 Å². The van der Waals surface area contributed by atoms with Crippen LogP contribution in [0.4, 0.5) is 0 Å². The van der Waals surface area contributed by atoms with Crippen LogP contribution in [0.2, 0.25) is 0 Å². The van der Waals surface area contributed by atoms with E-state index in [1.54, 1.807) is 0 Å². The summed E-state index contributed by atoms with van der Waals surface area (Å²) in [5.74, 6) is -0.833. The van der Waals surface area contributed by atoms with Gasteiger partial charge in [0.2, 0.25) is 0 Å². The first-order valence-electron chi connectivity index (χ1n) is 7.10. The summed E-state index contributed by atoms with van der Waals surface area (Å²) in [5, 5.41) is 8.67. The summed E-state index contributed by atoms with van der Waals surface area (Å²) >= 11 is 0. The van der Waals surface area contributed by atoms with Crippen LogP contribution in [0.15, 0.2) is 0 Å². The Morgan fingerprint density at radius 2 is 1.79 bits per heavy atom. The van der Waals surface area contributed by atoms with Gasteiger partial charge < -0.3 is 9.84 Å². The van der Waals surface area contributed by atoms with E-state index in [-0.39, 0.29) is 24.2 Å². The Bertz CT molecular complexity index is 291. The lowest BCUT2D eigenvalue weighted by atomic mass is 9.89. The van der Waals surface area contributed by atoms with E-state index in [9.17, 15) is 9.59 Å². The molecule has 0 aliphatic carbocycles. The van der Waals surface area contributed by atoms with E-state index in [2.05, 4.69) is 0 Å². The fourth-order valence-electron chi connectivity index (χ4n) is 2.04. The number of carboxylic acids is 1. The third-order valence-corrected chi connectivity index (χ3v) is 2.92. The molecule has 0 aliphatic heterocycles. The molecule has 0 fully saturated rings. The van der Waals surface area contributed by atoms with E-state index in [0.29, 0.717) is 12.8 Å². The van der Waals surface area contributed by atoms with Crippen LogP contribution in [0.5, 0.6) is 0 Å². The fraction of sp³-hybridized carbons (Fsp3) is 0.867. The zero-order chi connectivity index (χ0) is 15.1. The molecular weight excluding hydrogens is 244 g/mol. The van der Waals surface area contributed by atoms with E-state index >= 15 is 0 Å². The molecule has 0 saturated carbocycles. The van der Waals surface area contributed by atoms with Crippen molar-refractivity contribution < 1.29 is 19.4 Å². The first-order valence-corrected chi connectivity index (χ1v) is 7.10. The van der Waals surface area contributed by atoms with Gasteiger partial charge in [0.05, 0.1) is 5.92 Å². The zero-order valence-electron chi connectivity index (χ0n) is 12.9. The number of carbonyl (C=O) groups is 2. The van der Waals surface area contributed by atoms with Gasteiger partial charge in [-0.25, -0.2) is 0 Å². The maximum Gasteiger partial charge on any atom is 0.309 e. The van der Waals surface area contributed by atoms with Crippen LogP contribution in [0.25, 0.3) is 0 Å². The van der Waals surface area contributed by atoms with Gasteiger partial charge >= 0.3 is 11.9 Å². The molecule has 0 aromatic heterocycles. The average molecular weight is 272 g/mol. The van der Waals surface area contributed by atoms with Crippen molar-refractivity contribution in [2.45, 2.75) is 72.3 Å². The van der Waals surface area contributed by atoms with Crippen LogP contribution >= 0.6 is 0 Å². The quantitative estimate of drug-likeness (QED) is 0.685. The van der Waals surface area contributed by atoms with E-state index < -0.39 is 11.6 Å². The van der Waals surface area contributed by atoms with E-state index in [0.717, 1.165) is 12.8 Å². The van der Waals surface area contributed by atoms with Gasteiger partial charge in [-0.2, -0.15) is 0 Å². The molecule has 0 rings (SSSR count). The summed E-state index contributed by atoms with van der Waals surface area (Å²) in [6, 6.07) is 0. The first kappa shape index (κ1) is 17.9.